The minimum atomic E-state index is -3.96. The van der Waals surface area contributed by atoms with Gasteiger partial charge in [0.05, 0.1) is 5.75 Å². The largest absolute Gasteiger partial charge is 0.286 e. The monoisotopic (exact) mass is 351 g/mol. The summed E-state index contributed by atoms with van der Waals surface area (Å²) in [5, 5.41) is 5.78. The summed E-state index contributed by atoms with van der Waals surface area (Å²) in [6.07, 6.45) is 0. The van der Waals surface area contributed by atoms with Crippen molar-refractivity contribution < 1.29 is 12.8 Å². The number of hydrogen-bond acceptors (Lipinski definition) is 4. The van der Waals surface area contributed by atoms with E-state index in [4.69, 9.17) is 23.2 Å². The Kier molecular flexibility index (Phi) is 4.50. The standard InChI is InChI=1S/C11H8Cl2FN3O3S/c12-7-1-6(2-8(14)3-7)5-21(19,20)17-11-9(18)4-10(13)15-16-11/h1-4H,5H2,(H,15,18)(H,16,17). The van der Waals surface area contributed by atoms with Crippen molar-refractivity contribution >= 4 is 39.0 Å². The summed E-state index contributed by atoms with van der Waals surface area (Å²) in [7, 11) is -3.96. The van der Waals surface area contributed by atoms with Crippen LogP contribution in [0, 0.1) is 5.82 Å². The number of halogens is 3. The Morgan fingerprint density at radius 1 is 1.24 bits per heavy atom. The number of sulfonamides is 1. The van der Waals surface area contributed by atoms with E-state index in [-0.39, 0.29) is 15.7 Å². The van der Waals surface area contributed by atoms with Crippen LogP contribution >= 0.6 is 23.2 Å². The summed E-state index contributed by atoms with van der Waals surface area (Å²) in [5.74, 6) is -1.65. The zero-order valence-electron chi connectivity index (χ0n) is 10.2. The first kappa shape index (κ1) is 15.7. The molecule has 0 saturated heterocycles. The molecule has 21 heavy (non-hydrogen) atoms. The van der Waals surface area contributed by atoms with Gasteiger partial charge in [-0.3, -0.25) is 14.6 Å². The number of nitrogens with one attached hydrogen (secondary N) is 2. The number of hydrogen-bond donors (Lipinski definition) is 2. The molecule has 0 fully saturated rings. The number of rotatable bonds is 4. The number of anilines is 1. The van der Waals surface area contributed by atoms with Gasteiger partial charge in [0.25, 0.3) is 0 Å². The van der Waals surface area contributed by atoms with Gasteiger partial charge in [-0.15, -0.1) is 0 Å². The number of nitrogens with zero attached hydrogens (tertiary/aromatic N) is 1. The van der Waals surface area contributed by atoms with Gasteiger partial charge in [0, 0.05) is 11.1 Å². The second-order valence-corrected chi connectivity index (χ2v) is 6.63. The second kappa shape index (κ2) is 6.00. The third kappa shape index (κ3) is 4.42. The van der Waals surface area contributed by atoms with Crippen molar-refractivity contribution in [2.75, 3.05) is 4.72 Å². The molecule has 0 spiro atoms. The van der Waals surface area contributed by atoms with E-state index in [1.165, 1.54) is 6.07 Å². The predicted molar refractivity (Wildman–Crippen MR) is 77.5 cm³/mol. The van der Waals surface area contributed by atoms with Crippen LogP contribution in [0.5, 0.6) is 0 Å². The fraction of sp³-hybridized carbons (Fsp3) is 0.0909. The van der Waals surface area contributed by atoms with Gasteiger partial charge >= 0.3 is 0 Å². The molecule has 2 N–H and O–H groups in total. The molecule has 0 aliphatic carbocycles. The zero-order chi connectivity index (χ0) is 15.6. The molecule has 112 valence electrons. The molecule has 0 unspecified atom stereocenters. The predicted octanol–water partition coefficient (Wildman–Crippen LogP) is 2.16. The van der Waals surface area contributed by atoms with Gasteiger partial charge in [-0.05, 0) is 23.8 Å². The van der Waals surface area contributed by atoms with E-state index in [1.54, 1.807) is 0 Å². The summed E-state index contributed by atoms with van der Waals surface area (Å²) in [6, 6.07) is 4.37. The van der Waals surface area contributed by atoms with Crippen LogP contribution in [0.3, 0.4) is 0 Å². The summed E-state index contributed by atoms with van der Waals surface area (Å²) >= 11 is 11.1. The highest BCUT2D eigenvalue weighted by atomic mass is 35.5. The average molecular weight is 352 g/mol. The second-order valence-electron chi connectivity index (χ2n) is 4.07. The first-order valence-electron chi connectivity index (χ1n) is 5.46. The maximum absolute atomic E-state index is 13.2. The highest BCUT2D eigenvalue weighted by Crippen LogP contribution is 2.16. The topological polar surface area (TPSA) is 91.9 Å². The number of benzene rings is 1. The summed E-state index contributed by atoms with van der Waals surface area (Å²) < 4.78 is 39.0. The molecule has 2 rings (SSSR count). The Balaban J connectivity index is 2.24. The number of H-pyrrole nitrogens is 1. The Hall–Kier alpha value is -1.64. The summed E-state index contributed by atoms with van der Waals surface area (Å²) in [6.45, 7) is 0. The van der Waals surface area contributed by atoms with Crippen LogP contribution in [0.1, 0.15) is 5.56 Å². The van der Waals surface area contributed by atoms with E-state index >= 15 is 0 Å². The molecule has 0 aliphatic rings. The SMILES string of the molecule is O=c1cc(Cl)[nH]nc1NS(=O)(=O)Cc1cc(F)cc(Cl)c1. The molecule has 1 heterocycles. The fourth-order valence-corrected chi connectivity index (χ4v) is 3.05. The smallest absolute Gasteiger partial charge is 0.238 e. The molecule has 0 bridgehead atoms. The molecule has 0 saturated carbocycles. The van der Waals surface area contributed by atoms with Crippen LogP contribution in [0.15, 0.2) is 29.1 Å². The lowest BCUT2D eigenvalue weighted by atomic mass is 10.2. The maximum Gasteiger partial charge on any atom is 0.238 e. The van der Waals surface area contributed by atoms with Gasteiger partial charge in [-0.2, -0.15) is 5.10 Å². The lowest BCUT2D eigenvalue weighted by Crippen LogP contribution is -2.21. The van der Waals surface area contributed by atoms with Crippen molar-refractivity contribution in [3.05, 3.63) is 56.0 Å². The van der Waals surface area contributed by atoms with Crippen LogP contribution < -0.4 is 10.2 Å². The van der Waals surface area contributed by atoms with Gasteiger partial charge in [-0.25, -0.2) is 12.8 Å². The van der Waals surface area contributed by atoms with Gasteiger partial charge in [0.15, 0.2) is 0 Å². The molecule has 2 aromatic rings. The molecule has 10 heteroatoms. The van der Waals surface area contributed by atoms with Crippen molar-refractivity contribution in [1.29, 1.82) is 0 Å². The Morgan fingerprint density at radius 3 is 2.57 bits per heavy atom. The van der Waals surface area contributed by atoms with Crippen molar-refractivity contribution in [2.24, 2.45) is 0 Å². The normalized spacial score (nSPS) is 11.4. The third-order valence-electron chi connectivity index (χ3n) is 2.30. The van der Waals surface area contributed by atoms with E-state index in [1.807, 2.05) is 4.72 Å². The molecule has 0 atom stereocenters. The van der Waals surface area contributed by atoms with E-state index < -0.39 is 32.8 Å². The number of aromatic nitrogens is 2. The molecule has 0 amide bonds. The van der Waals surface area contributed by atoms with E-state index in [0.29, 0.717) is 0 Å². The van der Waals surface area contributed by atoms with Crippen LogP contribution in [0.2, 0.25) is 10.2 Å². The third-order valence-corrected chi connectivity index (χ3v) is 3.93. The van der Waals surface area contributed by atoms with Gasteiger partial charge in [0.1, 0.15) is 11.0 Å². The van der Waals surface area contributed by atoms with Gasteiger partial charge in [-0.1, -0.05) is 23.2 Å². The van der Waals surface area contributed by atoms with Crippen molar-refractivity contribution in [3.8, 4) is 0 Å². The van der Waals surface area contributed by atoms with Crippen molar-refractivity contribution in [1.82, 2.24) is 10.2 Å². The Bertz CT molecular complexity index is 819. The summed E-state index contributed by atoms with van der Waals surface area (Å²) in [5.41, 5.74) is -0.558. The van der Waals surface area contributed by atoms with E-state index in [0.717, 1.165) is 18.2 Å². The van der Waals surface area contributed by atoms with Crippen LogP contribution in [0.25, 0.3) is 0 Å². The minimum absolute atomic E-state index is 0.0279. The molecular weight excluding hydrogens is 344 g/mol. The van der Waals surface area contributed by atoms with E-state index in [9.17, 15) is 17.6 Å². The highest BCUT2D eigenvalue weighted by Gasteiger charge is 2.16. The first-order valence-corrected chi connectivity index (χ1v) is 7.87. The van der Waals surface area contributed by atoms with Gasteiger partial charge in [0.2, 0.25) is 21.3 Å². The van der Waals surface area contributed by atoms with Gasteiger partial charge < -0.3 is 0 Å². The first-order chi connectivity index (χ1) is 9.75. The van der Waals surface area contributed by atoms with Crippen molar-refractivity contribution in [2.45, 2.75) is 5.75 Å². The lowest BCUT2D eigenvalue weighted by Gasteiger charge is -2.07. The fourth-order valence-electron chi connectivity index (χ4n) is 1.55. The zero-order valence-corrected chi connectivity index (χ0v) is 12.6. The lowest BCUT2D eigenvalue weighted by molar-refractivity contribution is 0.599. The quantitative estimate of drug-likeness (QED) is 0.882. The van der Waals surface area contributed by atoms with Crippen LogP contribution in [0.4, 0.5) is 10.2 Å². The Morgan fingerprint density at radius 2 is 1.95 bits per heavy atom. The molecule has 0 radical (unpaired) electrons. The molecule has 1 aromatic heterocycles. The van der Waals surface area contributed by atoms with Crippen LogP contribution in [-0.2, 0) is 15.8 Å². The minimum Gasteiger partial charge on any atom is -0.286 e. The molecule has 0 aliphatic heterocycles. The molecule has 1 aromatic carbocycles. The summed E-state index contributed by atoms with van der Waals surface area (Å²) in [4.78, 5) is 11.5. The highest BCUT2D eigenvalue weighted by molar-refractivity contribution is 7.91. The Labute approximate surface area is 129 Å². The van der Waals surface area contributed by atoms with E-state index in [2.05, 4.69) is 10.2 Å². The molecular formula is C11H8Cl2FN3O3S. The maximum atomic E-state index is 13.2. The van der Waals surface area contributed by atoms with Crippen LogP contribution in [-0.4, -0.2) is 18.6 Å². The van der Waals surface area contributed by atoms with Crippen molar-refractivity contribution in [3.63, 3.8) is 0 Å². The average Bonchev–Trinajstić information content (AvgIpc) is 2.30. The number of aromatic amines is 1. The molecule has 6 nitrogen and oxygen atoms in total.